The molecule has 0 aliphatic heterocycles. The van der Waals surface area contributed by atoms with Crippen molar-refractivity contribution in [3.05, 3.63) is 64.8 Å². The van der Waals surface area contributed by atoms with E-state index in [9.17, 15) is 9.59 Å². The van der Waals surface area contributed by atoms with Gasteiger partial charge in [0.2, 0.25) is 5.91 Å². The lowest BCUT2D eigenvalue weighted by Crippen LogP contribution is -2.19. The molecule has 1 atom stereocenters. The molecule has 2 aliphatic carbocycles. The van der Waals surface area contributed by atoms with Crippen LogP contribution >= 0.6 is 0 Å². The third-order valence-corrected chi connectivity index (χ3v) is 7.28. The summed E-state index contributed by atoms with van der Waals surface area (Å²) in [6, 6.07) is 14.8. The normalized spacial score (nSPS) is 17.9. The van der Waals surface area contributed by atoms with Gasteiger partial charge in [-0.05, 0) is 60.4 Å². The van der Waals surface area contributed by atoms with Crippen LogP contribution in [-0.4, -0.2) is 30.2 Å². The quantitative estimate of drug-likeness (QED) is 0.545. The Kier molecular flexibility index (Phi) is 5.83. The molecule has 1 unspecified atom stereocenters. The standard InChI is InChI=1S/C27H30N2O4/c1-32-24(30)16-33-23-8-4-7-21-26(23)25-20(27(28)31)13-14-22(25)29(21)15-17-9-11-19(12-10-17)18-5-2-3-6-18/h4,7-12,18,20H,2-3,5-6,13-16H2,1H3,(H2,28,31). The van der Waals surface area contributed by atoms with Crippen LogP contribution in [0.2, 0.25) is 0 Å². The van der Waals surface area contributed by atoms with Crippen molar-refractivity contribution in [2.24, 2.45) is 5.73 Å². The summed E-state index contributed by atoms with van der Waals surface area (Å²) in [7, 11) is 1.33. The van der Waals surface area contributed by atoms with Crippen molar-refractivity contribution in [1.29, 1.82) is 0 Å². The molecular formula is C27H30N2O4. The lowest BCUT2D eigenvalue weighted by Gasteiger charge is -2.13. The molecule has 0 saturated heterocycles. The molecule has 2 aliphatic rings. The van der Waals surface area contributed by atoms with Crippen LogP contribution in [0.25, 0.3) is 10.9 Å². The number of hydrogen-bond acceptors (Lipinski definition) is 4. The van der Waals surface area contributed by atoms with E-state index in [-0.39, 0.29) is 18.4 Å². The number of aromatic nitrogens is 1. The van der Waals surface area contributed by atoms with E-state index in [1.54, 1.807) is 0 Å². The fourth-order valence-electron chi connectivity index (χ4n) is 5.64. The summed E-state index contributed by atoms with van der Waals surface area (Å²) in [5.41, 5.74) is 11.5. The second kappa shape index (κ2) is 8.93. The van der Waals surface area contributed by atoms with Gasteiger partial charge in [0.25, 0.3) is 0 Å². The molecule has 1 heterocycles. The SMILES string of the molecule is COC(=O)COc1cccc2c1c1c(n2Cc2ccc(C3CCCC3)cc2)CCC1C(N)=O. The number of carbonyl (C=O) groups is 2. The van der Waals surface area contributed by atoms with Crippen molar-refractivity contribution in [3.8, 4) is 5.75 Å². The van der Waals surface area contributed by atoms with Gasteiger partial charge in [-0.1, -0.05) is 43.2 Å². The summed E-state index contributed by atoms with van der Waals surface area (Å²) < 4.78 is 12.8. The number of amides is 1. The number of rotatable bonds is 7. The molecule has 3 aromatic rings. The Morgan fingerprint density at radius 2 is 1.82 bits per heavy atom. The maximum atomic E-state index is 12.3. The molecule has 2 N–H and O–H groups in total. The second-order valence-corrected chi connectivity index (χ2v) is 9.18. The predicted octanol–water partition coefficient (Wildman–Crippen LogP) is 4.41. The van der Waals surface area contributed by atoms with E-state index in [4.69, 9.17) is 15.2 Å². The summed E-state index contributed by atoms with van der Waals surface area (Å²) in [6.45, 7) is 0.530. The third-order valence-electron chi connectivity index (χ3n) is 7.28. The zero-order valence-electron chi connectivity index (χ0n) is 19.0. The van der Waals surface area contributed by atoms with Gasteiger partial charge in [-0.15, -0.1) is 0 Å². The summed E-state index contributed by atoms with van der Waals surface area (Å²) in [5.74, 6) is 0.156. The van der Waals surface area contributed by atoms with Crippen LogP contribution in [0.15, 0.2) is 42.5 Å². The highest BCUT2D eigenvalue weighted by atomic mass is 16.6. The summed E-state index contributed by atoms with van der Waals surface area (Å²) in [5, 5.41) is 0.875. The largest absolute Gasteiger partial charge is 0.481 e. The minimum atomic E-state index is -0.447. The molecule has 1 fully saturated rings. The Labute approximate surface area is 193 Å². The van der Waals surface area contributed by atoms with Gasteiger partial charge in [0.15, 0.2) is 6.61 Å². The Morgan fingerprint density at radius 3 is 2.52 bits per heavy atom. The molecular weight excluding hydrogens is 416 g/mol. The number of ether oxygens (including phenoxy) is 2. The lowest BCUT2D eigenvalue weighted by molar-refractivity contribution is -0.142. The first-order valence-corrected chi connectivity index (χ1v) is 11.8. The first kappa shape index (κ1) is 21.6. The van der Waals surface area contributed by atoms with Crippen molar-refractivity contribution in [2.75, 3.05) is 13.7 Å². The van der Waals surface area contributed by atoms with Gasteiger partial charge in [0.05, 0.1) is 18.5 Å². The average molecular weight is 447 g/mol. The first-order valence-electron chi connectivity index (χ1n) is 11.8. The second-order valence-electron chi connectivity index (χ2n) is 9.18. The zero-order valence-corrected chi connectivity index (χ0v) is 19.0. The minimum Gasteiger partial charge on any atom is -0.481 e. The van der Waals surface area contributed by atoms with E-state index in [1.165, 1.54) is 43.9 Å². The van der Waals surface area contributed by atoms with Gasteiger partial charge in [-0.2, -0.15) is 0 Å². The first-order chi connectivity index (χ1) is 16.1. The Hall–Kier alpha value is -3.28. The van der Waals surface area contributed by atoms with Gasteiger partial charge >= 0.3 is 5.97 Å². The van der Waals surface area contributed by atoms with E-state index in [2.05, 4.69) is 28.8 Å². The van der Waals surface area contributed by atoms with Gasteiger partial charge in [-0.3, -0.25) is 4.79 Å². The van der Waals surface area contributed by atoms with Gasteiger partial charge in [0.1, 0.15) is 5.75 Å². The summed E-state index contributed by atoms with van der Waals surface area (Å²) in [6.07, 6.45) is 6.72. The number of nitrogens with zero attached hydrogens (tertiary/aromatic N) is 1. The van der Waals surface area contributed by atoms with Gasteiger partial charge in [-0.25, -0.2) is 4.79 Å². The summed E-state index contributed by atoms with van der Waals surface area (Å²) in [4.78, 5) is 23.9. The van der Waals surface area contributed by atoms with Crippen molar-refractivity contribution in [3.63, 3.8) is 0 Å². The fourth-order valence-corrected chi connectivity index (χ4v) is 5.64. The maximum absolute atomic E-state index is 12.3. The van der Waals surface area contributed by atoms with Crippen molar-refractivity contribution in [1.82, 2.24) is 4.57 Å². The molecule has 1 aromatic heterocycles. The van der Waals surface area contributed by atoms with E-state index >= 15 is 0 Å². The van der Waals surface area contributed by atoms with Crippen LogP contribution in [0.1, 0.15) is 66.3 Å². The van der Waals surface area contributed by atoms with E-state index in [1.807, 2.05) is 18.2 Å². The van der Waals surface area contributed by atoms with Crippen molar-refractivity contribution < 1.29 is 19.1 Å². The van der Waals surface area contributed by atoms with Gasteiger partial charge in [0, 0.05) is 17.6 Å². The van der Waals surface area contributed by atoms with Crippen LogP contribution in [0, 0.1) is 0 Å². The third kappa shape index (κ3) is 3.99. The number of hydrogen-bond donors (Lipinski definition) is 1. The van der Waals surface area contributed by atoms with E-state index in [0.717, 1.165) is 28.6 Å². The van der Waals surface area contributed by atoms with Crippen molar-refractivity contribution >= 4 is 22.8 Å². The number of esters is 1. The smallest absolute Gasteiger partial charge is 0.343 e. The van der Waals surface area contributed by atoms with E-state index in [0.29, 0.717) is 24.6 Å². The number of nitrogens with two attached hydrogens (primary N) is 1. The molecule has 6 heteroatoms. The lowest BCUT2D eigenvalue weighted by atomic mass is 9.97. The van der Waals surface area contributed by atoms with E-state index < -0.39 is 5.97 Å². The molecule has 2 aromatic carbocycles. The molecule has 172 valence electrons. The maximum Gasteiger partial charge on any atom is 0.343 e. The van der Waals surface area contributed by atoms with Gasteiger partial charge < -0.3 is 19.8 Å². The number of carbonyl (C=O) groups excluding carboxylic acids is 2. The zero-order chi connectivity index (χ0) is 22.9. The fraction of sp³-hybridized carbons (Fsp3) is 0.407. The highest BCUT2D eigenvalue weighted by Gasteiger charge is 2.34. The molecule has 6 nitrogen and oxygen atoms in total. The molecule has 1 saturated carbocycles. The Bertz CT molecular complexity index is 1190. The monoisotopic (exact) mass is 446 g/mol. The number of methoxy groups -OCH3 is 1. The highest BCUT2D eigenvalue weighted by Crippen LogP contribution is 2.44. The molecule has 33 heavy (non-hydrogen) atoms. The topological polar surface area (TPSA) is 83.6 Å². The van der Waals surface area contributed by atoms with Crippen LogP contribution in [-0.2, 0) is 27.3 Å². The summed E-state index contributed by atoms with van der Waals surface area (Å²) >= 11 is 0. The molecule has 1 amide bonds. The number of fused-ring (bicyclic) bond motifs is 3. The van der Waals surface area contributed by atoms with Crippen LogP contribution < -0.4 is 10.5 Å². The highest BCUT2D eigenvalue weighted by molar-refractivity contribution is 5.97. The predicted molar refractivity (Wildman–Crippen MR) is 126 cm³/mol. The van der Waals surface area contributed by atoms with Crippen molar-refractivity contribution in [2.45, 2.75) is 56.9 Å². The Morgan fingerprint density at radius 1 is 1.06 bits per heavy atom. The van der Waals surface area contributed by atoms with Crippen LogP contribution in [0.4, 0.5) is 0 Å². The van der Waals surface area contributed by atoms with Crippen LogP contribution in [0.5, 0.6) is 5.75 Å². The minimum absolute atomic E-state index is 0.181. The molecule has 0 bridgehead atoms. The molecule has 5 rings (SSSR count). The number of benzene rings is 2. The molecule has 0 radical (unpaired) electrons. The Balaban J connectivity index is 1.53. The number of primary amides is 1. The average Bonchev–Trinajstić information content (AvgIpc) is 3.56. The van der Waals surface area contributed by atoms with Crippen LogP contribution in [0.3, 0.4) is 0 Å². The molecule has 0 spiro atoms.